The van der Waals surface area contributed by atoms with Crippen molar-refractivity contribution in [3.05, 3.63) is 58.9 Å². The highest BCUT2D eigenvalue weighted by atomic mass is 35.5. The van der Waals surface area contributed by atoms with Crippen LogP contribution < -0.4 is 5.32 Å². The lowest BCUT2D eigenvalue weighted by Crippen LogP contribution is -2.12. The Balaban J connectivity index is 2.09. The molecular formula is C14H11ClN2O3. The first-order valence-electron chi connectivity index (χ1n) is 5.78. The molecule has 0 fully saturated rings. The minimum Gasteiger partial charge on any atom is -0.481 e. The first-order chi connectivity index (χ1) is 9.56. The number of aliphatic carboxylic acids is 1. The Morgan fingerprint density at radius 2 is 1.90 bits per heavy atom. The summed E-state index contributed by atoms with van der Waals surface area (Å²) < 4.78 is 0. The summed E-state index contributed by atoms with van der Waals surface area (Å²) in [5, 5.41) is 11.6. The molecule has 0 saturated heterocycles. The summed E-state index contributed by atoms with van der Waals surface area (Å²) in [6.45, 7) is 0. The molecule has 1 aromatic heterocycles. The van der Waals surface area contributed by atoms with Gasteiger partial charge in [0.05, 0.1) is 17.0 Å². The van der Waals surface area contributed by atoms with E-state index in [-0.39, 0.29) is 17.4 Å². The molecule has 0 bridgehead atoms. The van der Waals surface area contributed by atoms with Crippen molar-refractivity contribution in [1.29, 1.82) is 0 Å². The van der Waals surface area contributed by atoms with E-state index in [2.05, 4.69) is 10.3 Å². The minimum absolute atomic E-state index is 0.0512. The number of hydrogen-bond donors (Lipinski definition) is 2. The van der Waals surface area contributed by atoms with E-state index in [4.69, 9.17) is 16.7 Å². The van der Waals surface area contributed by atoms with Crippen molar-refractivity contribution in [2.75, 3.05) is 5.32 Å². The molecule has 1 heterocycles. The van der Waals surface area contributed by atoms with E-state index in [0.717, 1.165) is 0 Å². The van der Waals surface area contributed by atoms with Gasteiger partial charge in [-0.05, 0) is 23.8 Å². The molecule has 20 heavy (non-hydrogen) atoms. The van der Waals surface area contributed by atoms with Gasteiger partial charge in [-0.3, -0.25) is 14.6 Å². The van der Waals surface area contributed by atoms with E-state index >= 15 is 0 Å². The molecule has 1 amide bonds. The van der Waals surface area contributed by atoms with E-state index in [1.54, 1.807) is 24.3 Å². The maximum Gasteiger partial charge on any atom is 0.307 e. The first kappa shape index (κ1) is 14.0. The lowest BCUT2D eigenvalue weighted by atomic mass is 10.1. The Morgan fingerprint density at radius 3 is 2.50 bits per heavy atom. The number of pyridine rings is 1. The number of nitrogens with one attached hydrogen (secondary N) is 1. The quantitative estimate of drug-likeness (QED) is 0.907. The number of anilines is 1. The molecule has 0 radical (unpaired) electrons. The fraction of sp³-hybridized carbons (Fsp3) is 0.0714. The van der Waals surface area contributed by atoms with E-state index in [1.807, 2.05) is 0 Å². The zero-order chi connectivity index (χ0) is 14.5. The Hall–Kier alpha value is -2.40. The summed E-state index contributed by atoms with van der Waals surface area (Å²) >= 11 is 5.88. The maximum absolute atomic E-state index is 12.0. The molecule has 0 aliphatic carbocycles. The molecule has 2 N–H and O–H groups in total. The van der Waals surface area contributed by atoms with Crippen molar-refractivity contribution >= 4 is 29.2 Å². The van der Waals surface area contributed by atoms with Gasteiger partial charge in [0.15, 0.2) is 0 Å². The molecule has 2 rings (SSSR count). The van der Waals surface area contributed by atoms with Gasteiger partial charge in [0.2, 0.25) is 0 Å². The highest BCUT2D eigenvalue weighted by Gasteiger charge is 2.10. The Bertz CT molecular complexity index is 641. The van der Waals surface area contributed by atoms with Gasteiger partial charge in [-0.25, -0.2) is 0 Å². The van der Waals surface area contributed by atoms with Crippen molar-refractivity contribution in [2.45, 2.75) is 6.42 Å². The number of rotatable bonds is 4. The number of carboxylic acids is 1. The maximum atomic E-state index is 12.0. The van der Waals surface area contributed by atoms with Gasteiger partial charge >= 0.3 is 5.97 Å². The standard InChI is InChI=1S/C14H11ClN2O3/c15-12-8-16-6-5-11(12)14(20)17-10-3-1-9(2-4-10)7-13(18)19/h1-6,8H,7H2,(H,17,20)(H,18,19). The molecule has 0 aliphatic heterocycles. The molecule has 0 saturated carbocycles. The molecule has 0 unspecified atom stereocenters. The highest BCUT2D eigenvalue weighted by molar-refractivity contribution is 6.34. The summed E-state index contributed by atoms with van der Waals surface area (Å²) in [5.74, 6) is -1.24. The number of carbonyl (C=O) groups excluding carboxylic acids is 1. The van der Waals surface area contributed by atoms with Crippen molar-refractivity contribution < 1.29 is 14.7 Å². The van der Waals surface area contributed by atoms with Crippen LogP contribution in [0, 0.1) is 0 Å². The lowest BCUT2D eigenvalue weighted by molar-refractivity contribution is -0.136. The van der Waals surface area contributed by atoms with Gasteiger partial charge in [0, 0.05) is 18.1 Å². The van der Waals surface area contributed by atoms with Crippen molar-refractivity contribution in [1.82, 2.24) is 4.98 Å². The van der Waals surface area contributed by atoms with Crippen LogP contribution >= 0.6 is 11.6 Å². The Morgan fingerprint density at radius 1 is 1.20 bits per heavy atom. The molecule has 6 heteroatoms. The number of hydrogen-bond acceptors (Lipinski definition) is 3. The zero-order valence-corrected chi connectivity index (χ0v) is 11.1. The third-order valence-corrected chi connectivity index (χ3v) is 2.89. The SMILES string of the molecule is O=C(O)Cc1ccc(NC(=O)c2ccncc2Cl)cc1. The van der Waals surface area contributed by atoms with Crippen LogP contribution in [0.15, 0.2) is 42.7 Å². The van der Waals surface area contributed by atoms with Crippen LogP contribution in [0.5, 0.6) is 0 Å². The van der Waals surface area contributed by atoms with Crippen molar-refractivity contribution in [2.24, 2.45) is 0 Å². The summed E-state index contributed by atoms with van der Waals surface area (Å²) in [4.78, 5) is 26.3. The normalized spacial score (nSPS) is 10.1. The number of aromatic nitrogens is 1. The average molecular weight is 291 g/mol. The Labute approximate surface area is 120 Å². The molecule has 2 aromatic rings. The van der Waals surface area contributed by atoms with Gasteiger partial charge in [-0.2, -0.15) is 0 Å². The second kappa shape index (κ2) is 6.16. The molecule has 1 aromatic carbocycles. The molecule has 0 spiro atoms. The van der Waals surface area contributed by atoms with Crippen LogP contribution in [0.1, 0.15) is 15.9 Å². The van der Waals surface area contributed by atoms with Gasteiger partial charge in [0.25, 0.3) is 5.91 Å². The summed E-state index contributed by atoms with van der Waals surface area (Å²) in [7, 11) is 0. The molecule has 0 aliphatic rings. The van der Waals surface area contributed by atoms with E-state index < -0.39 is 5.97 Å². The smallest absolute Gasteiger partial charge is 0.307 e. The minimum atomic E-state index is -0.898. The van der Waals surface area contributed by atoms with Gasteiger partial charge < -0.3 is 10.4 Å². The average Bonchev–Trinajstić information content (AvgIpc) is 2.41. The van der Waals surface area contributed by atoms with Crippen LogP contribution in [0.3, 0.4) is 0 Å². The monoisotopic (exact) mass is 290 g/mol. The highest BCUT2D eigenvalue weighted by Crippen LogP contribution is 2.16. The largest absolute Gasteiger partial charge is 0.481 e. The fourth-order valence-corrected chi connectivity index (χ4v) is 1.84. The zero-order valence-electron chi connectivity index (χ0n) is 10.3. The molecule has 5 nitrogen and oxygen atoms in total. The second-order valence-corrected chi connectivity index (χ2v) is 4.48. The number of nitrogens with zero attached hydrogens (tertiary/aromatic N) is 1. The van der Waals surface area contributed by atoms with Crippen LogP contribution in [-0.2, 0) is 11.2 Å². The third-order valence-electron chi connectivity index (χ3n) is 2.58. The van der Waals surface area contributed by atoms with Gasteiger partial charge in [0.1, 0.15) is 0 Å². The van der Waals surface area contributed by atoms with Crippen molar-refractivity contribution in [3.8, 4) is 0 Å². The van der Waals surface area contributed by atoms with E-state index in [9.17, 15) is 9.59 Å². The van der Waals surface area contributed by atoms with Crippen LogP contribution in [0.4, 0.5) is 5.69 Å². The number of halogens is 1. The molecular weight excluding hydrogens is 280 g/mol. The van der Waals surface area contributed by atoms with E-state index in [1.165, 1.54) is 18.5 Å². The fourth-order valence-electron chi connectivity index (χ4n) is 1.64. The number of amides is 1. The predicted octanol–water partition coefficient (Wildman–Crippen LogP) is 2.61. The van der Waals surface area contributed by atoms with Gasteiger partial charge in [-0.1, -0.05) is 23.7 Å². The van der Waals surface area contributed by atoms with Crippen LogP contribution in [-0.4, -0.2) is 22.0 Å². The molecule has 102 valence electrons. The summed E-state index contributed by atoms with van der Waals surface area (Å²) in [5.41, 5.74) is 1.56. The Kier molecular flexibility index (Phi) is 4.32. The summed E-state index contributed by atoms with van der Waals surface area (Å²) in [6.07, 6.45) is 2.83. The van der Waals surface area contributed by atoms with Gasteiger partial charge in [-0.15, -0.1) is 0 Å². The number of benzene rings is 1. The summed E-state index contributed by atoms with van der Waals surface area (Å²) in [6, 6.07) is 8.11. The predicted molar refractivity (Wildman–Crippen MR) is 75.0 cm³/mol. The lowest BCUT2D eigenvalue weighted by Gasteiger charge is -2.07. The van der Waals surface area contributed by atoms with Crippen LogP contribution in [0.2, 0.25) is 5.02 Å². The second-order valence-electron chi connectivity index (χ2n) is 4.08. The van der Waals surface area contributed by atoms with Crippen molar-refractivity contribution in [3.63, 3.8) is 0 Å². The third kappa shape index (κ3) is 3.55. The molecule has 0 atom stereocenters. The number of carboxylic acid groups (broad SMARTS) is 1. The van der Waals surface area contributed by atoms with Crippen LogP contribution in [0.25, 0.3) is 0 Å². The topological polar surface area (TPSA) is 79.3 Å². The van der Waals surface area contributed by atoms with E-state index in [0.29, 0.717) is 16.8 Å². The number of carbonyl (C=O) groups is 2. The first-order valence-corrected chi connectivity index (χ1v) is 6.15.